The molecule has 0 bridgehead atoms. The minimum Gasteiger partial charge on any atom is -0.390 e. The lowest BCUT2D eigenvalue weighted by Crippen LogP contribution is -2.27. The summed E-state index contributed by atoms with van der Waals surface area (Å²) in [5.74, 6) is -0.852. The average molecular weight is 296 g/mol. The number of nitro groups is 1. The third kappa shape index (κ3) is 3.75. The number of hydrogen-bond acceptors (Lipinski definition) is 5. The van der Waals surface area contributed by atoms with Crippen LogP contribution in [0.4, 0.5) is 5.95 Å². The first-order valence-corrected chi connectivity index (χ1v) is 5.97. The van der Waals surface area contributed by atoms with Crippen molar-refractivity contribution in [3.8, 4) is 0 Å². The van der Waals surface area contributed by atoms with Crippen LogP contribution < -0.4 is 5.32 Å². The lowest BCUT2D eigenvalue weighted by Gasteiger charge is -2.04. The first kappa shape index (κ1) is 13.9. The van der Waals surface area contributed by atoms with E-state index in [4.69, 9.17) is 11.6 Å². The van der Waals surface area contributed by atoms with Crippen molar-refractivity contribution in [3.63, 3.8) is 0 Å². The molecule has 20 heavy (non-hydrogen) atoms. The second-order valence-electron chi connectivity index (χ2n) is 3.90. The van der Waals surface area contributed by atoms with E-state index in [1.165, 1.54) is 0 Å². The lowest BCUT2D eigenvalue weighted by molar-refractivity contribution is -0.394. The Kier molecular flexibility index (Phi) is 4.26. The molecule has 0 aliphatic rings. The van der Waals surface area contributed by atoms with Crippen molar-refractivity contribution in [2.24, 2.45) is 0 Å². The number of halogens is 1. The average Bonchev–Trinajstić information content (AvgIpc) is 2.87. The van der Waals surface area contributed by atoms with Crippen molar-refractivity contribution < 1.29 is 9.72 Å². The van der Waals surface area contributed by atoms with E-state index < -0.39 is 10.9 Å². The van der Waals surface area contributed by atoms with Gasteiger partial charge in [0.2, 0.25) is 12.2 Å². The van der Waals surface area contributed by atoms with E-state index in [0.29, 0.717) is 11.6 Å². The van der Waals surface area contributed by atoms with Crippen molar-refractivity contribution in [1.82, 2.24) is 20.1 Å². The minimum atomic E-state index is -0.720. The molecule has 104 valence electrons. The third-order valence-corrected chi connectivity index (χ3v) is 2.65. The monoisotopic (exact) mass is 295 g/mol. The molecule has 1 aromatic heterocycles. The van der Waals surface area contributed by atoms with Crippen LogP contribution in [0.5, 0.6) is 0 Å². The fraction of sp³-hybridized carbons (Fsp3) is 0.182. The first-order chi connectivity index (χ1) is 9.54. The van der Waals surface area contributed by atoms with Crippen LogP contribution in [-0.2, 0) is 17.9 Å². The Morgan fingerprint density at radius 1 is 1.40 bits per heavy atom. The topological polar surface area (TPSA) is 103 Å². The molecule has 0 atom stereocenters. The number of nitrogens with zero attached hydrogens (tertiary/aromatic N) is 4. The summed E-state index contributed by atoms with van der Waals surface area (Å²) in [4.78, 5) is 24.8. The zero-order valence-corrected chi connectivity index (χ0v) is 10.9. The molecule has 1 heterocycles. The van der Waals surface area contributed by atoms with Crippen LogP contribution >= 0.6 is 11.6 Å². The number of benzene rings is 1. The maximum atomic E-state index is 11.6. The maximum absolute atomic E-state index is 11.6. The molecule has 0 spiro atoms. The molecule has 0 fully saturated rings. The molecule has 9 heteroatoms. The number of carbonyl (C=O) groups is 1. The molecule has 1 aromatic carbocycles. The highest BCUT2D eigenvalue weighted by Gasteiger charge is 2.14. The summed E-state index contributed by atoms with van der Waals surface area (Å²) in [5, 5.41) is 17.2. The van der Waals surface area contributed by atoms with Crippen LogP contribution in [0, 0.1) is 10.1 Å². The second kappa shape index (κ2) is 6.11. The molecule has 0 radical (unpaired) electrons. The summed E-state index contributed by atoms with van der Waals surface area (Å²) in [6.07, 6.45) is 1.14. The quantitative estimate of drug-likeness (QED) is 0.658. The van der Waals surface area contributed by atoms with E-state index in [2.05, 4.69) is 15.4 Å². The molecule has 1 amide bonds. The van der Waals surface area contributed by atoms with Gasteiger partial charge in [0.25, 0.3) is 0 Å². The molecule has 0 aliphatic heterocycles. The van der Waals surface area contributed by atoms with E-state index in [0.717, 1.165) is 16.6 Å². The zero-order valence-electron chi connectivity index (χ0n) is 10.2. The Bertz CT molecular complexity index is 625. The molecular weight excluding hydrogens is 286 g/mol. The summed E-state index contributed by atoms with van der Waals surface area (Å²) >= 11 is 5.75. The Labute approximate surface area is 118 Å². The normalized spacial score (nSPS) is 10.2. The van der Waals surface area contributed by atoms with Gasteiger partial charge in [0, 0.05) is 16.7 Å². The van der Waals surface area contributed by atoms with E-state index in [1.54, 1.807) is 24.3 Å². The maximum Gasteiger partial charge on any atom is 0.490 e. The van der Waals surface area contributed by atoms with Crippen molar-refractivity contribution in [1.29, 1.82) is 0 Å². The van der Waals surface area contributed by atoms with E-state index in [1.807, 2.05) is 0 Å². The predicted octanol–water partition coefficient (Wildman–Crippen LogP) is 1.16. The van der Waals surface area contributed by atoms with E-state index in [9.17, 15) is 14.9 Å². The Balaban J connectivity index is 1.85. The van der Waals surface area contributed by atoms with Gasteiger partial charge in [-0.25, -0.2) is 0 Å². The number of nitrogens with one attached hydrogen (secondary N) is 1. The molecule has 0 saturated carbocycles. The fourth-order valence-corrected chi connectivity index (χ4v) is 1.58. The SMILES string of the molecule is O=C(Cn1cnc([N+](=O)[O-])n1)NCc1ccc(Cl)cc1. The standard InChI is InChI=1S/C11H10ClN5O3/c12-9-3-1-8(2-4-9)5-13-10(18)6-16-7-14-11(15-16)17(19)20/h1-4,7H,5-6H2,(H,13,18). The van der Waals surface area contributed by atoms with Gasteiger partial charge in [0.05, 0.1) is 0 Å². The van der Waals surface area contributed by atoms with Gasteiger partial charge in [0.1, 0.15) is 6.54 Å². The Hall–Kier alpha value is -2.48. The number of aromatic nitrogens is 3. The highest BCUT2D eigenvalue weighted by molar-refractivity contribution is 6.30. The van der Waals surface area contributed by atoms with Gasteiger partial charge in [-0.2, -0.15) is 4.68 Å². The van der Waals surface area contributed by atoms with Crippen molar-refractivity contribution in [3.05, 3.63) is 51.3 Å². The van der Waals surface area contributed by atoms with Gasteiger partial charge in [-0.15, -0.1) is 0 Å². The number of rotatable bonds is 5. The van der Waals surface area contributed by atoms with Crippen LogP contribution in [-0.4, -0.2) is 25.6 Å². The molecule has 8 nitrogen and oxygen atoms in total. The van der Waals surface area contributed by atoms with Gasteiger partial charge in [-0.3, -0.25) is 4.79 Å². The molecular formula is C11H10ClN5O3. The van der Waals surface area contributed by atoms with E-state index in [-0.39, 0.29) is 12.5 Å². The van der Waals surface area contributed by atoms with Crippen LogP contribution in [0.15, 0.2) is 30.6 Å². The number of hydrogen-bond donors (Lipinski definition) is 1. The van der Waals surface area contributed by atoms with Gasteiger partial charge >= 0.3 is 5.95 Å². The molecule has 0 saturated heterocycles. The smallest absolute Gasteiger partial charge is 0.390 e. The predicted molar refractivity (Wildman–Crippen MR) is 70.0 cm³/mol. The zero-order chi connectivity index (χ0) is 14.5. The second-order valence-corrected chi connectivity index (χ2v) is 4.34. The van der Waals surface area contributed by atoms with Crippen molar-refractivity contribution in [2.45, 2.75) is 13.1 Å². The molecule has 0 unspecified atom stereocenters. The van der Waals surface area contributed by atoms with Crippen LogP contribution in [0.25, 0.3) is 0 Å². The number of carbonyl (C=O) groups excluding carboxylic acids is 1. The van der Waals surface area contributed by atoms with Gasteiger partial charge in [-0.1, -0.05) is 28.7 Å². The van der Waals surface area contributed by atoms with Gasteiger partial charge in [0.15, 0.2) is 0 Å². The Morgan fingerprint density at radius 3 is 2.70 bits per heavy atom. The van der Waals surface area contributed by atoms with Gasteiger partial charge < -0.3 is 15.4 Å². The molecule has 2 aromatic rings. The summed E-state index contributed by atoms with van der Waals surface area (Å²) in [6.45, 7) is 0.210. The number of amides is 1. The molecule has 2 rings (SSSR count). The first-order valence-electron chi connectivity index (χ1n) is 5.59. The minimum absolute atomic E-state index is 0.131. The fourth-order valence-electron chi connectivity index (χ4n) is 1.45. The van der Waals surface area contributed by atoms with Crippen LogP contribution in [0.3, 0.4) is 0 Å². The van der Waals surface area contributed by atoms with E-state index >= 15 is 0 Å². The lowest BCUT2D eigenvalue weighted by atomic mass is 10.2. The van der Waals surface area contributed by atoms with Crippen molar-refractivity contribution in [2.75, 3.05) is 0 Å². The summed E-state index contributed by atoms with van der Waals surface area (Å²) < 4.78 is 1.11. The highest BCUT2D eigenvalue weighted by atomic mass is 35.5. The largest absolute Gasteiger partial charge is 0.490 e. The van der Waals surface area contributed by atoms with Gasteiger partial charge in [-0.05, 0) is 22.6 Å². The van der Waals surface area contributed by atoms with Crippen molar-refractivity contribution >= 4 is 23.5 Å². The molecule has 1 N–H and O–H groups in total. The summed E-state index contributed by atoms with van der Waals surface area (Å²) in [5.41, 5.74) is 0.896. The Morgan fingerprint density at radius 2 is 2.10 bits per heavy atom. The van der Waals surface area contributed by atoms with Crippen LogP contribution in [0.1, 0.15) is 5.56 Å². The summed E-state index contributed by atoms with van der Waals surface area (Å²) in [7, 11) is 0. The van der Waals surface area contributed by atoms with Crippen LogP contribution in [0.2, 0.25) is 5.02 Å². The molecule has 0 aliphatic carbocycles. The third-order valence-electron chi connectivity index (χ3n) is 2.40. The highest BCUT2D eigenvalue weighted by Crippen LogP contribution is 2.09. The summed E-state index contributed by atoms with van der Waals surface area (Å²) in [6, 6.07) is 7.04.